The highest BCUT2D eigenvalue weighted by Gasteiger charge is 2.30. The number of aromatic nitrogens is 2. The first kappa shape index (κ1) is 18.8. The van der Waals surface area contributed by atoms with E-state index in [1.807, 2.05) is 13.8 Å². The van der Waals surface area contributed by atoms with Crippen molar-refractivity contribution in [2.24, 2.45) is 0 Å². The largest absolute Gasteiger partial charge is 0.416 e. The molecule has 9 heteroatoms. The number of hydrogen-bond acceptors (Lipinski definition) is 4. The fraction of sp³-hybridized carbons (Fsp3) is 0.438. The Morgan fingerprint density at radius 3 is 2.68 bits per heavy atom. The summed E-state index contributed by atoms with van der Waals surface area (Å²) >= 11 is 0. The summed E-state index contributed by atoms with van der Waals surface area (Å²) in [4.78, 5) is 15.9. The number of amides is 2. The molecule has 0 spiro atoms. The molecule has 0 saturated heterocycles. The third-order valence-electron chi connectivity index (χ3n) is 3.33. The standard InChI is InChI=1S/C16H19F3N4O2/c1-10(2)14-22-13(25-23-14)6-7-20-15(24)21-9-11-4-3-5-12(8-11)16(17,18)19/h3-5,8,10H,6-7,9H2,1-2H3,(H2,20,21,24). The monoisotopic (exact) mass is 356 g/mol. The average Bonchev–Trinajstić information content (AvgIpc) is 3.02. The van der Waals surface area contributed by atoms with Crippen molar-refractivity contribution in [2.45, 2.75) is 38.9 Å². The van der Waals surface area contributed by atoms with Gasteiger partial charge in [0.25, 0.3) is 0 Å². The van der Waals surface area contributed by atoms with E-state index in [9.17, 15) is 18.0 Å². The van der Waals surface area contributed by atoms with Gasteiger partial charge in [0.05, 0.1) is 5.56 Å². The summed E-state index contributed by atoms with van der Waals surface area (Å²) in [7, 11) is 0. The van der Waals surface area contributed by atoms with Gasteiger partial charge < -0.3 is 15.2 Å². The molecule has 0 radical (unpaired) electrons. The van der Waals surface area contributed by atoms with Gasteiger partial charge in [0, 0.05) is 25.4 Å². The van der Waals surface area contributed by atoms with E-state index >= 15 is 0 Å². The fourth-order valence-corrected chi connectivity index (χ4v) is 1.99. The Bertz CT molecular complexity index is 713. The lowest BCUT2D eigenvalue weighted by atomic mass is 10.1. The predicted molar refractivity (Wildman–Crippen MR) is 83.8 cm³/mol. The first-order chi connectivity index (χ1) is 11.8. The van der Waals surface area contributed by atoms with Gasteiger partial charge in [-0.3, -0.25) is 0 Å². The van der Waals surface area contributed by atoms with Crippen LogP contribution >= 0.6 is 0 Å². The summed E-state index contributed by atoms with van der Waals surface area (Å²) in [5.74, 6) is 1.17. The van der Waals surface area contributed by atoms with Crippen molar-refractivity contribution in [3.05, 3.63) is 47.1 Å². The zero-order valence-corrected chi connectivity index (χ0v) is 13.9. The SMILES string of the molecule is CC(C)c1noc(CCNC(=O)NCc2cccc(C(F)(F)F)c2)n1. The van der Waals surface area contributed by atoms with Crippen molar-refractivity contribution in [3.63, 3.8) is 0 Å². The zero-order valence-electron chi connectivity index (χ0n) is 13.9. The van der Waals surface area contributed by atoms with Crippen LogP contribution < -0.4 is 10.6 Å². The molecule has 0 aliphatic rings. The second-order valence-corrected chi connectivity index (χ2v) is 5.76. The highest BCUT2D eigenvalue weighted by molar-refractivity contribution is 5.73. The van der Waals surface area contributed by atoms with Crippen LogP contribution in [0.1, 0.15) is 42.6 Å². The van der Waals surface area contributed by atoms with Crippen molar-refractivity contribution in [1.82, 2.24) is 20.8 Å². The molecule has 0 aliphatic heterocycles. The van der Waals surface area contributed by atoms with Crippen LogP contribution in [0.2, 0.25) is 0 Å². The Balaban J connectivity index is 1.75. The molecule has 0 unspecified atom stereocenters. The third kappa shape index (κ3) is 5.77. The number of benzene rings is 1. The van der Waals surface area contributed by atoms with Gasteiger partial charge in [-0.05, 0) is 17.7 Å². The maximum Gasteiger partial charge on any atom is 0.416 e. The first-order valence-corrected chi connectivity index (χ1v) is 7.76. The first-order valence-electron chi connectivity index (χ1n) is 7.76. The lowest BCUT2D eigenvalue weighted by Gasteiger charge is -2.10. The number of alkyl halides is 3. The molecule has 0 atom stereocenters. The van der Waals surface area contributed by atoms with E-state index in [1.54, 1.807) is 0 Å². The van der Waals surface area contributed by atoms with Crippen LogP contribution in [0.4, 0.5) is 18.0 Å². The molecule has 2 rings (SSSR count). The van der Waals surface area contributed by atoms with Crippen molar-refractivity contribution >= 4 is 6.03 Å². The Morgan fingerprint density at radius 2 is 2.04 bits per heavy atom. The summed E-state index contributed by atoms with van der Waals surface area (Å²) < 4.78 is 42.9. The van der Waals surface area contributed by atoms with Crippen molar-refractivity contribution in [3.8, 4) is 0 Å². The number of rotatable bonds is 6. The number of halogens is 3. The quantitative estimate of drug-likeness (QED) is 0.833. The molecule has 0 saturated carbocycles. The van der Waals surface area contributed by atoms with Gasteiger partial charge in [-0.1, -0.05) is 31.1 Å². The topological polar surface area (TPSA) is 80.0 Å². The molecular weight excluding hydrogens is 337 g/mol. The molecule has 25 heavy (non-hydrogen) atoms. The maximum atomic E-state index is 12.6. The molecule has 1 heterocycles. The number of urea groups is 1. The van der Waals surface area contributed by atoms with E-state index in [1.165, 1.54) is 12.1 Å². The summed E-state index contributed by atoms with van der Waals surface area (Å²) in [6.45, 7) is 4.14. The van der Waals surface area contributed by atoms with Crippen molar-refractivity contribution < 1.29 is 22.5 Å². The number of nitrogens with zero attached hydrogens (tertiary/aromatic N) is 2. The van der Waals surface area contributed by atoms with E-state index in [4.69, 9.17) is 4.52 Å². The smallest absolute Gasteiger partial charge is 0.339 e. The van der Waals surface area contributed by atoms with Gasteiger partial charge in [0.15, 0.2) is 5.82 Å². The Hall–Kier alpha value is -2.58. The minimum absolute atomic E-state index is 0.00614. The Labute approximate surface area is 142 Å². The van der Waals surface area contributed by atoms with E-state index < -0.39 is 17.8 Å². The summed E-state index contributed by atoms with van der Waals surface area (Å²) in [6.07, 6.45) is -4.03. The number of carbonyl (C=O) groups is 1. The summed E-state index contributed by atoms with van der Waals surface area (Å²) in [5, 5.41) is 8.90. The van der Waals surface area contributed by atoms with Crippen LogP contribution in [-0.4, -0.2) is 22.7 Å². The lowest BCUT2D eigenvalue weighted by molar-refractivity contribution is -0.137. The average molecular weight is 356 g/mol. The van der Waals surface area contributed by atoms with Crippen LogP contribution in [0, 0.1) is 0 Å². The number of hydrogen-bond donors (Lipinski definition) is 2. The second-order valence-electron chi connectivity index (χ2n) is 5.76. The van der Waals surface area contributed by atoms with Crippen LogP contribution in [0.15, 0.2) is 28.8 Å². The molecule has 0 fully saturated rings. The molecule has 0 aliphatic carbocycles. The number of carbonyl (C=O) groups excluding carboxylic acids is 1. The third-order valence-corrected chi connectivity index (χ3v) is 3.33. The highest BCUT2D eigenvalue weighted by Crippen LogP contribution is 2.29. The van der Waals surface area contributed by atoms with E-state index in [0.717, 1.165) is 12.1 Å². The molecule has 2 amide bonds. The minimum atomic E-state index is -4.41. The van der Waals surface area contributed by atoms with E-state index in [0.29, 0.717) is 23.7 Å². The zero-order chi connectivity index (χ0) is 18.4. The highest BCUT2D eigenvalue weighted by atomic mass is 19.4. The van der Waals surface area contributed by atoms with E-state index in [2.05, 4.69) is 20.8 Å². The van der Waals surface area contributed by atoms with Crippen LogP contribution in [0.3, 0.4) is 0 Å². The van der Waals surface area contributed by atoms with Crippen LogP contribution in [-0.2, 0) is 19.1 Å². The van der Waals surface area contributed by atoms with Gasteiger partial charge in [0.2, 0.25) is 5.89 Å². The number of nitrogens with one attached hydrogen (secondary N) is 2. The summed E-state index contributed by atoms with van der Waals surface area (Å²) in [5.41, 5.74) is -0.381. The van der Waals surface area contributed by atoms with Crippen LogP contribution in [0.5, 0.6) is 0 Å². The maximum absolute atomic E-state index is 12.6. The normalized spacial score (nSPS) is 11.6. The van der Waals surface area contributed by atoms with Crippen molar-refractivity contribution in [2.75, 3.05) is 6.54 Å². The van der Waals surface area contributed by atoms with Gasteiger partial charge >= 0.3 is 12.2 Å². The minimum Gasteiger partial charge on any atom is -0.339 e. The van der Waals surface area contributed by atoms with Gasteiger partial charge in [-0.15, -0.1) is 0 Å². The van der Waals surface area contributed by atoms with Gasteiger partial charge in [-0.2, -0.15) is 18.2 Å². The molecule has 2 N–H and O–H groups in total. The second kappa shape index (κ2) is 8.00. The molecular formula is C16H19F3N4O2. The fourth-order valence-electron chi connectivity index (χ4n) is 1.99. The molecule has 6 nitrogen and oxygen atoms in total. The van der Waals surface area contributed by atoms with E-state index in [-0.39, 0.29) is 19.0 Å². The molecule has 2 aromatic rings. The molecule has 1 aromatic carbocycles. The van der Waals surface area contributed by atoms with Gasteiger partial charge in [0.1, 0.15) is 0 Å². The Kier molecular flexibility index (Phi) is 6.00. The summed E-state index contributed by atoms with van der Waals surface area (Å²) in [6, 6.07) is 4.33. The van der Waals surface area contributed by atoms with Gasteiger partial charge in [-0.25, -0.2) is 4.79 Å². The Morgan fingerprint density at radius 1 is 1.28 bits per heavy atom. The molecule has 136 valence electrons. The van der Waals surface area contributed by atoms with Crippen molar-refractivity contribution in [1.29, 1.82) is 0 Å². The predicted octanol–water partition coefficient (Wildman–Crippen LogP) is 3.25. The van der Waals surface area contributed by atoms with Crippen LogP contribution in [0.25, 0.3) is 0 Å². The molecule has 1 aromatic heterocycles. The molecule has 0 bridgehead atoms. The lowest BCUT2D eigenvalue weighted by Crippen LogP contribution is -2.36.